The summed E-state index contributed by atoms with van der Waals surface area (Å²) < 4.78 is 19.5. The number of rotatable bonds is 10. The molecule has 0 N–H and O–H groups in total. The zero-order valence-corrected chi connectivity index (χ0v) is 15.2. The van der Waals surface area contributed by atoms with E-state index in [1.165, 1.54) is 57.4 Å². The van der Waals surface area contributed by atoms with E-state index in [2.05, 4.69) is 13.5 Å². The molecule has 0 unspecified atom stereocenters. The monoisotopic (exact) mass is 332 g/mol. The highest BCUT2D eigenvalue weighted by Gasteiger charge is 2.21. The Morgan fingerprint density at radius 1 is 1.12 bits per heavy atom. The SMILES string of the molecule is C=CCOc1ccc(CCC2CCC(CCCCC)CC2)c(F)c1. The number of hydrogen-bond acceptors (Lipinski definition) is 1. The van der Waals surface area contributed by atoms with Crippen molar-refractivity contribution in [3.8, 4) is 5.75 Å². The fourth-order valence-corrected chi connectivity index (χ4v) is 3.83. The highest BCUT2D eigenvalue weighted by atomic mass is 19.1. The second kappa shape index (κ2) is 10.5. The predicted octanol–water partition coefficient (Wildman–Crippen LogP) is 6.71. The lowest BCUT2D eigenvalue weighted by molar-refractivity contribution is 0.248. The molecule has 2 heteroatoms. The molecule has 0 saturated heterocycles. The Labute approximate surface area is 147 Å². The lowest BCUT2D eigenvalue weighted by Gasteiger charge is -2.28. The van der Waals surface area contributed by atoms with E-state index in [1.54, 1.807) is 6.08 Å². The minimum atomic E-state index is -0.134. The molecular formula is C22H33FO. The minimum absolute atomic E-state index is 0.134. The summed E-state index contributed by atoms with van der Waals surface area (Å²) in [5.41, 5.74) is 0.825. The van der Waals surface area contributed by atoms with Crippen LogP contribution >= 0.6 is 0 Å². The molecule has 0 aliphatic heterocycles. The third kappa shape index (κ3) is 6.30. The van der Waals surface area contributed by atoms with Gasteiger partial charge in [0.15, 0.2) is 0 Å². The summed E-state index contributed by atoms with van der Waals surface area (Å²) in [7, 11) is 0. The molecule has 1 saturated carbocycles. The molecule has 1 nitrogen and oxygen atoms in total. The average molecular weight is 333 g/mol. The maximum Gasteiger partial charge on any atom is 0.130 e. The second-order valence-corrected chi connectivity index (χ2v) is 7.27. The first-order chi connectivity index (χ1) is 11.7. The van der Waals surface area contributed by atoms with Gasteiger partial charge < -0.3 is 4.74 Å². The Morgan fingerprint density at radius 2 is 1.83 bits per heavy atom. The van der Waals surface area contributed by atoms with Crippen molar-refractivity contribution in [3.05, 3.63) is 42.2 Å². The van der Waals surface area contributed by atoms with Gasteiger partial charge in [0.2, 0.25) is 0 Å². The Kier molecular flexibility index (Phi) is 8.35. The molecule has 0 spiro atoms. The molecule has 1 aliphatic carbocycles. The Balaban J connectivity index is 1.71. The molecule has 0 atom stereocenters. The maximum absolute atomic E-state index is 14.2. The molecule has 2 rings (SSSR count). The van der Waals surface area contributed by atoms with Crippen molar-refractivity contribution in [2.45, 2.75) is 71.1 Å². The van der Waals surface area contributed by atoms with Gasteiger partial charge in [0.25, 0.3) is 0 Å². The van der Waals surface area contributed by atoms with E-state index >= 15 is 0 Å². The minimum Gasteiger partial charge on any atom is -0.489 e. The van der Waals surface area contributed by atoms with Gasteiger partial charge in [-0.3, -0.25) is 0 Å². The van der Waals surface area contributed by atoms with Crippen molar-refractivity contribution in [3.63, 3.8) is 0 Å². The molecule has 134 valence electrons. The van der Waals surface area contributed by atoms with E-state index in [0.29, 0.717) is 12.4 Å². The number of ether oxygens (including phenoxy) is 1. The van der Waals surface area contributed by atoms with Gasteiger partial charge in [-0.1, -0.05) is 77.0 Å². The number of unbranched alkanes of at least 4 members (excludes halogenated alkanes) is 2. The van der Waals surface area contributed by atoms with E-state index in [-0.39, 0.29) is 5.82 Å². The van der Waals surface area contributed by atoms with Crippen LogP contribution in [0.25, 0.3) is 0 Å². The molecule has 0 bridgehead atoms. The van der Waals surface area contributed by atoms with Crippen LogP contribution in [0.15, 0.2) is 30.9 Å². The molecule has 0 aromatic heterocycles. The van der Waals surface area contributed by atoms with Crippen molar-refractivity contribution < 1.29 is 9.13 Å². The molecule has 0 radical (unpaired) electrons. The third-order valence-corrected chi connectivity index (χ3v) is 5.40. The lowest BCUT2D eigenvalue weighted by Crippen LogP contribution is -2.15. The first-order valence-electron chi connectivity index (χ1n) is 9.75. The number of hydrogen-bond donors (Lipinski definition) is 0. The van der Waals surface area contributed by atoms with Gasteiger partial charge in [0.1, 0.15) is 18.2 Å². The topological polar surface area (TPSA) is 9.23 Å². The molecule has 1 aromatic rings. The van der Waals surface area contributed by atoms with Crippen LogP contribution < -0.4 is 4.74 Å². The van der Waals surface area contributed by atoms with Gasteiger partial charge in [-0.2, -0.15) is 0 Å². The molecule has 0 amide bonds. The molecule has 0 heterocycles. The van der Waals surface area contributed by atoms with Crippen LogP contribution in [0.4, 0.5) is 4.39 Å². The summed E-state index contributed by atoms with van der Waals surface area (Å²) in [6.07, 6.45) is 14.6. The van der Waals surface area contributed by atoms with Gasteiger partial charge in [0, 0.05) is 6.07 Å². The van der Waals surface area contributed by atoms with Gasteiger partial charge >= 0.3 is 0 Å². The molecule has 1 aromatic carbocycles. The number of benzene rings is 1. The lowest BCUT2D eigenvalue weighted by atomic mass is 9.78. The van der Waals surface area contributed by atoms with Crippen molar-refractivity contribution in [2.24, 2.45) is 11.8 Å². The van der Waals surface area contributed by atoms with Crippen LogP contribution in [0, 0.1) is 17.7 Å². The third-order valence-electron chi connectivity index (χ3n) is 5.40. The summed E-state index contributed by atoms with van der Waals surface area (Å²) in [4.78, 5) is 0. The fraction of sp³-hybridized carbons (Fsp3) is 0.636. The maximum atomic E-state index is 14.2. The summed E-state index contributed by atoms with van der Waals surface area (Å²) in [5.74, 6) is 2.18. The van der Waals surface area contributed by atoms with Crippen molar-refractivity contribution in [1.82, 2.24) is 0 Å². The van der Waals surface area contributed by atoms with Crippen LogP contribution in [-0.2, 0) is 6.42 Å². The smallest absolute Gasteiger partial charge is 0.130 e. The van der Waals surface area contributed by atoms with Gasteiger partial charge in [-0.25, -0.2) is 4.39 Å². The van der Waals surface area contributed by atoms with Crippen molar-refractivity contribution in [1.29, 1.82) is 0 Å². The Hall–Kier alpha value is -1.31. The van der Waals surface area contributed by atoms with Gasteiger partial charge in [-0.05, 0) is 36.3 Å². The van der Waals surface area contributed by atoms with Crippen LogP contribution in [0.2, 0.25) is 0 Å². The fourth-order valence-electron chi connectivity index (χ4n) is 3.83. The molecule has 1 aliphatic rings. The van der Waals surface area contributed by atoms with Crippen LogP contribution in [0.3, 0.4) is 0 Å². The average Bonchev–Trinajstić information content (AvgIpc) is 2.60. The Bertz CT molecular complexity index is 489. The molecular weight excluding hydrogens is 299 g/mol. The highest BCUT2D eigenvalue weighted by molar-refractivity contribution is 5.29. The zero-order chi connectivity index (χ0) is 17.2. The van der Waals surface area contributed by atoms with E-state index in [4.69, 9.17) is 4.74 Å². The highest BCUT2D eigenvalue weighted by Crippen LogP contribution is 2.34. The number of halogens is 1. The van der Waals surface area contributed by atoms with Crippen molar-refractivity contribution in [2.75, 3.05) is 6.61 Å². The summed E-state index contributed by atoms with van der Waals surface area (Å²) in [5, 5.41) is 0. The predicted molar refractivity (Wildman–Crippen MR) is 100 cm³/mol. The van der Waals surface area contributed by atoms with E-state index in [0.717, 1.165) is 30.2 Å². The Morgan fingerprint density at radius 3 is 2.46 bits per heavy atom. The van der Waals surface area contributed by atoms with Crippen LogP contribution in [0.1, 0.15) is 70.3 Å². The molecule has 1 fully saturated rings. The van der Waals surface area contributed by atoms with Crippen LogP contribution in [0.5, 0.6) is 5.75 Å². The van der Waals surface area contributed by atoms with Gasteiger partial charge in [-0.15, -0.1) is 0 Å². The summed E-state index contributed by atoms with van der Waals surface area (Å²) in [6.45, 7) is 6.29. The quantitative estimate of drug-likeness (QED) is 0.342. The van der Waals surface area contributed by atoms with Gasteiger partial charge in [0.05, 0.1) is 0 Å². The normalized spacial score (nSPS) is 20.8. The first kappa shape index (κ1) is 19.0. The molecule has 24 heavy (non-hydrogen) atoms. The number of aryl methyl sites for hydroxylation is 1. The van der Waals surface area contributed by atoms with Crippen molar-refractivity contribution >= 4 is 0 Å². The van der Waals surface area contributed by atoms with E-state index in [9.17, 15) is 4.39 Å². The summed E-state index contributed by atoms with van der Waals surface area (Å²) in [6, 6.07) is 5.25. The largest absolute Gasteiger partial charge is 0.489 e. The summed E-state index contributed by atoms with van der Waals surface area (Å²) >= 11 is 0. The van der Waals surface area contributed by atoms with Crippen LogP contribution in [-0.4, -0.2) is 6.61 Å². The van der Waals surface area contributed by atoms with E-state index in [1.807, 2.05) is 12.1 Å². The zero-order valence-electron chi connectivity index (χ0n) is 15.2. The van der Waals surface area contributed by atoms with E-state index < -0.39 is 0 Å². The second-order valence-electron chi connectivity index (χ2n) is 7.27. The standard InChI is InChI=1S/C22H33FO/c1-3-5-6-7-18-8-10-19(11-9-18)12-13-20-14-15-21(17-22(20)23)24-16-4-2/h4,14-15,17-19H,2-3,5-13,16H2,1H3. The first-order valence-corrected chi connectivity index (χ1v) is 9.75.